The fourth-order valence-corrected chi connectivity index (χ4v) is 3.22. The van der Waals surface area contributed by atoms with E-state index in [2.05, 4.69) is 14.7 Å². The first kappa shape index (κ1) is 12.8. The van der Waals surface area contributed by atoms with Crippen molar-refractivity contribution in [3.63, 3.8) is 0 Å². The van der Waals surface area contributed by atoms with Crippen molar-refractivity contribution < 1.29 is 13.2 Å². The lowest BCUT2D eigenvalue weighted by atomic mass is 10.6. The van der Waals surface area contributed by atoms with E-state index in [-0.39, 0.29) is 10.0 Å². The lowest BCUT2D eigenvalue weighted by Crippen LogP contribution is -2.12. The number of aromatic nitrogens is 2. The number of sulfonamides is 1. The maximum absolute atomic E-state index is 11.9. The molecule has 0 aromatic carbocycles. The summed E-state index contributed by atoms with van der Waals surface area (Å²) < 4.78 is 31.6. The van der Waals surface area contributed by atoms with Gasteiger partial charge in [-0.15, -0.1) is 11.3 Å². The van der Waals surface area contributed by atoms with Crippen LogP contribution in [0.4, 0.5) is 5.82 Å². The summed E-state index contributed by atoms with van der Waals surface area (Å²) in [5.74, 6) is 0.512. The molecule has 0 aliphatic carbocycles. The highest BCUT2D eigenvalue weighted by Gasteiger charge is 2.16. The van der Waals surface area contributed by atoms with Gasteiger partial charge in [0.25, 0.3) is 10.0 Å². The zero-order valence-corrected chi connectivity index (χ0v) is 11.2. The van der Waals surface area contributed by atoms with Crippen LogP contribution in [0.15, 0.2) is 34.1 Å². The van der Waals surface area contributed by atoms with Crippen LogP contribution < -0.4 is 9.46 Å². The van der Waals surface area contributed by atoms with Gasteiger partial charge in [-0.1, -0.05) is 6.07 Å². The van der Waals surface area contributed by atoms with Crippen LogP contribution >= 0.6 is 11.3 Å². The smallest absolute Gasteiger partial charge is 0.272 e. The van der Waals surface area contributed by atoms with Crippen LogP contribution in [-0.4, -0.2) is 25.0 Å². The number of rotatable bonds is 5. The molecule has 0 amide bonds. The van der Waals surface area contributed by atoms with Gasteiger partial charge in [-0.3, -0.25) is 4.72 Å². The minimum atomic E-state index is -3.58. The van der Waals surface area contributed by atoms with E-state index in [0.717, 1.165) is 11.3 Å². The van der Waals surface area contributed by atoms with Crippen molar-refractivity contribution in [2.75, 3.05) is 11.3 Å². The lowest BCUT2D eigenvalue weighted by Gasteiger charge is -2.06. The van der Waals surface area contributed by atoms with E-state index in [4.69, 9.17) is 4.74 Å². The second-order valence-corrected chi connectivity index (χ2v) is 6.07. The van der Waals surface area contributed by atoms with E-state index in [1.54, 1.807) is 11.4 Å². The predicted molar refractivity (Wildman–Crippen MR) is 68.3 cm³/mol. The molecule has 0 bridgehead atoms. The molecule has 2 heterocycles. The molecular formula is C10H11N3O3S2. The van der Waals surface area contributed by atoms with Gasteiger partial charge in [-0.25, -0.2) is 18.4 Å². The molecule has 2 aromatic rings. The third-order valence-corrected chi connectivity index (χ3v) is 4.69. The Morgan fingerprint density at radius 1 is 1.44 bits per heavy atom. The van der Waals surface area contributed by atoms with Gasteiger partial charge in [0.05, 0.1) is 6.61 Å². The van der Waals surface area contributed by atoms with Gasteiger partial charge in [0.2, 0.25) is 5.88 Å². The van der Waals surface area contributed by atoms with Crippen LogP contribution in [0.2, 0.25) is 0 Å². The second kappa shape index (κ2) is 5.32. The third kappa shape index (κ3) is 2.96. The van der Waals surface area contributed by atoms with E-state index in [1.807, 2.05) is 6.92 Å². The van der Waals surface area contributed by atoms with Crippen LogP contribution in [-0.2, 0) is 10.0 Å². The molecule has 6 nitrogen and oxygen atoms in total. The van der Waals surface area contributed by atoms with Gasteiger partial charge in [0.15, 0.2) is 0 Å². The average molecular weight is 285 g/mol. The molecular weight excluding hydrogens is 274 g/mol. The van der Waals surface area contributed by atoms with E-state index < -0.39 is 10.0 Å². The van der Waals surface area contributed by atoms with Crippen molar-refractivity contribution in [3.05, 3.63) is 29.9 Å². The fourth-order valence-electron chi connectivity index (χ4n) is 1.23. The molecule has 2 aromatic heterocycles. The number of nitrogens with zero attached hydrogens (tertiary/aromatic N) is 2. The average Bonchev–Trinajstić information content (AvgIpc) is 2.83. The summed E-state index contributed by atoms with van der Waals surface area (Å²) in [6.07, 6.45) is 1.25. The minimum Gasteiger partial charge on any atom is -0.478 e. The Bertz CT molecular complexity index is 611. The van der Waals surface area contributed by atoms with Gasteiger partial charge in [-0.05, 0) is 18.4 Å². The largest absolute Gasteiger partial charge is 0.478 e. The molecule has 8 heteroatoms. The highest BCUT2D eigenvalue weighted by Crippen LogP contribution is 2.20. The number of ether oxygens (including phenoxy) is 1. The Kier molecular flexibility index (Phi) is 3.78. The normalized spacial score (nSPS) is 11.2. The summed E-state index contributed by atoms with van der Waals surface area (Å²) in [5.41, 5.74) is 0. The van der Waals surface area contributed by atoms with Gasteiger partial charge < -0.3 is 4.74 Å². The van der Waals surface area contributed by atoms with E-state index in [0.29, 0.717) is 12.5 Å². The number of hydrogen-bond donors (Lipinski definition) is 1. The Morgan fingerprint density at radius 2 is 2.28 bits per heavy atom. The van der Waals surface area contributed by atoms with Crippen molar-refractivity contribution in [2.24, 2.45) is 0 Å². The molecule has 0 atom stereocenters. The molecule has 0 saturated heterocycles. The first-order chi connectivity index (χ1) is 8.62. The summed E-state index contributed by atoms with van der Waals surface area (Å²) >= 11 is 1.14. The molecule has 18 heavy (non-hydrogen) atoms. The SMILES string of the molecule is CCOc1cc(NS(=O)(=O)c2cccs2)ncn1. The standard InChI is InChI=1S/C10H11N3O3S2/c1-2-16-9-6-8(11-7-12-9)13-18(14,15)10-4-3-5-17-10/h3-7H,2H2,1H3,(H,11,12,13). The first-order valence-electron chi connectivity index (χ1n) is 5.13. The quantitative estimate of drug-likeness (QED) is 0.905. The Labute approximate surface area is 109 Å². The van der Waals surface area contributed by atoms with E-state index in [1.165, 1.54) is 18.5 Å². The predicted octanol–water partition coefficient (Wildman–Crippen LogP) is 1.74. The summed E-state index contributed by atoms with van der Waals surface area (Å²) in [6, 6.07) is 4.64. The van der Waals surface area contributed by atoms with Gasteiger partial charge in [-0.2, -0.15) is 0 Å². The molecule has 0 unspecified atom stereocenters. The maximum atomic E-state index is 11.9. The molecule has 0 saturated carbocycles. The number of thiophene rings is 1. The molecule has 0 fully saturated rings. The minimum absolute atomic E-state index is 0.182. The zero-order valence-electron chi connectivity index (χ0n) is 9.53. The summed E-state index contributed by atoms with van der Waals surface area (Å²) in [6.45, 7) is 2.27. The maximum Gasteiger partial charge on any atom is 0.272 e. The second-order valence-electron chi connectivity index (χ2n) is 3.21. The van der Waals surface area contributed by atoms with E-state index in [9.17, 15) is 8.42 Å². The Hall–Kier alpha value is -1.67. The summed E-state index contributed by atoms with van der Waals surface area (Å²) in [4.78, 5) is 7.70. The number of nitrogens with one attached hydrogen (secondary N) is 1. The van der Waals surface area contributed by atoms with Crippen molar-refractivity contribution in [1.29, 1.82) is 0 Å². The van der Waals surface area contributed by atoms with Crippen LogP contribution in [0.5, 0.6) is 5.88 Å². The Balaban J connectivity index is 2.21. The van der Waals surface area contributed by atoms with Crippen LogP contribution in [0, 0.1) is 0 Å². The highest BCUT2D eigenvalue weighted by atomic mass is 32.2. The molecule has 1 N–H and O–H groups in total. The Morgan fingerprint density at radius 3 is 2.94 bits per heavy atom. The van der Waals surface area contributed by atoms with Gasteiger partial charge >= 0.3 is 0 Å². The molecule has 2 rings (SSSR count). The van der Waals surface area contributed by atoms with Crippen molar-refractivity contribution >= 4 is 27.2 Å². The topological polar surface area (TPSA) is 81.2 Å². The highest BCUT2D eigenvalue weighted by molar-refractivity contribution is 7.94. The van der Waals surface area contributed by atoms with Gasteiger partial charge in [0, 0.05) is 6.07 Å². The fraction of sp³-hybridized carbons (Fsp3) is 0.200. The summed E-state index contributed by atoms with van der Waals surface area (Å²) in [5, 5.41) is 1.69. The molecule has 0 aliphatic heterocycles. The first-order valence-corrected chi connectivity index (χ1v) is 7.49. The molecule has 96 valence electrons. The molecule has 0 radical (unpaired) electrons. The van der Waals surface area contributed by atoms with Crippen LogP contribution in [0.1, 0.15) is 6.92 Å². The van der Waals surface area contributed by atoms with Crippen molar-refractivity contribution in [3.8, 4) is 5.88 Å². The summed E-state index contributed by atoms with van der Waals surface area (Å²) in [7, 11) is -3.58. The van der Waals surface area contributed by atoms with Crippen molar-refractivity contribution in [1.82, 2.24) is 9.97 Å². The molecule has 0 spiro atoms. The lowest BCUT2D eigenvalue weighted by molar-refractivity contribution is 0.326. The van der Waals surface area contributed by atoms with E-state index >= 15 is 0 Å². The van der Waals surface area contributed by atoms with Crippen LogP contribution in [0.25, 0.3) is 0 Å². The third-order valence-electron chi connectivity index (χ3n) is 1.93. The van der Waals surface area contributed by atoms with Crippen molar-refractivity contribution in [2.45, 2.75) is 11.1 Å². The van der Waals surface area contributed by atoms with Crippen LogP contribution in [0.3, 0.4) is 0 Å². The number of hydrogen-bond acceptors (Lipinski definition) is 6. The number of anilines is 1. The monoisotopic (exact) mass is 285 g/mol. The zero-order chi connectivity index (χ0) is 13.0. The van der Waals surface area contributed by atoms with Gasteiger partial charge in [0.1, 0.15) is 16.4 Å². The molecule has 0 aliphatic rings.